The number of benzene rings is 3. The molecule has 4 aromatic rings. The molecule has 164 valence electrons. The highest BCUT2D eigenvalue weighted by Gasteiger charge is 2.46. The minimum atomic E-state index is -4.00. The van der Waals surface area contributed by atoms with Crippen LogP contribution < -0.4 is 4.31 Å². The number of rotatable bonds is 3. The lowest BCUT2D eigenvalue weighted by molar-refractivity contribution is 0.112. The van der Waals surface area contributed by atoms with Gasteiger partial charge in [-0.2, -0.15) is 0 Å². The summed E-state index contributed by atoms with van der Waals surface area (Å²) in [5, 5.41) is 12.9. The Morgan fingerprint density at radius 3 is 2.31 bits per heavy atom. The Bertz CT molecular complexity index is 1400. The predicted octanol–water partition coefficient (Wildman–Crippen LogP) is 5.43. The van der Waals surface area contributed by atoms with E-state index in [4.69, 9.17) is 11.6 Å². The van der Waals surface area contributed by atoms with E-state index < -0.39 is 22.2 Å². The quantitative estimate of drug-likeness (QED) is 0.423. The van der Waals surface area contributed by atoms with Crippen LogP contribution in [0.4, 0.5) is 5.82 Å². The molecule has 0 radical (unpaired) electrons. The number of nitrogens with one attached hydrogen (secondary N) is 1. The molecule has 0 unspecified atom stereocenters. The normalized spacial score (nSPS) is 21.0. The second-order valence-electron chi connectivity index (χ2n) is 8.35. The molecule has 0 amide bonds. The second-order valence-corrected chi connectivity index (χ2v) is 10.6. The number of H-pyrrole nitrogens is 1. The van der Waals surface area contributed by atoms with Gasteiger partial charge in [0.15, 0.2) is 0 Å². The number of sulfonamides is 1. The molecule has 5 nitrogen and oxygen atoms in total. The summed E-state index contributed by atoms with van der Waals surface area (Å²) in [5.41, 5.74) is 3.61. The molecule has 32 heavy (non-hydrogen) atoms. The molecular weight excluding hydrogens is 444 g/mol. The summed E-state index contributed by atoms with van der Waals surface area (Å²) in [4.78, 5) is 3.42. The van der Waals surface area contributed by atoms with Gasteiger partial charge >= 0.3 is 0 Å². The van der Waals surface area contributed by atoms with E-state index in [0.29, 0.717) is 10.8 Å². The number of nitrogens with zero attached hydrogens (tertiary/aromatic N) is 1. The van der Waals surface area contributed by atoms with Crippen molar-refractivity contribution in [1.82, 2.24) is 4.98 Å². The summed E-state index contributed by atoms with van der Waals surface area (Å²) in [7, 11) is -4.00. The van der Waals surface area contributed by atoms with Gasteiger partial charge in [-0.1, -0.05) is 66.6 Å². The fourth-order valence-electron chi connectivity index (χ4n) is 4.65. The Labute approximate surface area is 192 Å². The van der Waals surface area contributed by atoms with E-state index in [0.717, 1.165) is 31.9 Å². The Kier molecular flexibility index (Phi) is 5.04. The van der Waals surface area contributed by atoms with E-state index in [1.807, 2.05) is 62.4 Å². The van der Waals surface area contributed by atoms with E-state index in [1.165, 1.54) is 0 Å². The lowest BCUT2D eigenvalue weighted by Crippen LogP contribution is -2.49. The summed E-state index contributed by atoms with van der Waals surface area (Å²) in [5.74, 6) is -0.210. The number of fused-ring (bicyclic) bond motifs is 3. The first-order valence-electron chi connectivity index (χ1n) is 10.4. The van der Waals surface area contributed by atoms with Gasteiger partial charge in [-0.05, 0) is 42.8 Å². The molecule has 0 saturated heterocycles. The van der Waals surface area contributed by atoms with Crippen molar-refractivity contribution < 1.29 is 13.5 Å². The monoisotopic (exact) mass is 466 g/mol. The van der Waals surface area contributed by atoms with Gasteiger partial charge in [0.05, 0.1) is 4.90 Å². The number of hydrogen-bond acceptors (Lipinski definition) is 3. The molecule has 0 aliphatic carbocycles. The van der Waals surface area contributed by atoms with E-state index >= 15 is 0 Å². The fourth-order valence-corrected chi connectivity index (χ4v) is 6.34. The predicted molar refractivity (Wildman–Crippen MR) is 128 cm³/mol. The molecule has 1 aliphatic heterocycles. The third kappa shape index (κ3) is 3.22. The third-order valence-electron chi connectivity index (χ3n) is 6.30. The lowest BCUT2D eigenvalue weighted by Gasteiger charge is -2.41. The van der Waals surface area contributed by atoms with Crippen LogP contribution >= 0.6 is 11.6 Å². The number of aromatic nitrogens is 1. The Balaban J connectivity index is 1.77. The number of hydrogen-bond donors (Lipinski definition) is 2. The van der Waals surface area contributed by atoms with Crippen molar-refractivity contribution in [3.05, 3.63) is 94.5 Å². The maximum atomic E-state index is 13.7. The fraction of sp³-hybridized carbons (Fsp3) is 0.200. The Hall–Kier alpha value is -2.80. The first-order chi connectivity index (χ1) is 15.3. The SMILES string of the molecule is Cc1ccc(S(=O)(=O)N2c3[nH]c4ccccc4c3[C@H](c3ccc(Cl)cc3)[C@@H](C)[C@H]2O)cc1. The zero-order chi connectivity index (χ0) is 22.6. The van der Waals surface area contributed by atoms with Crippen LogP contribution in [-0.4, -0.2) is 24.7 Å². The second kappa shape index (κ2) is 7.66. The number of aromatic amines is 1. The molecule has 0 bridgehead atoms. The van der Waals surface area contributed by atoms with Gasteiger partial charge < -0.3 is 10.1 Å². The molecule has 3 atom stereocenters. The van der Waals surface area contributed by atoms with Gasteiger partial charge in [0, 0.05) is 33.3 Å². The lowest BCUT2D eigenvalue weighted by atomic mass is 9.78. The Morgan fingerprint density at radius 2 is 1.62 bits per heavy atom. The highest BCUT2D eigenvalue weighted by Crippen LogP contribution is 2.49. The minimum absolute atomic E-state index is 0.142. The van der Waals surface area contributed by atoms with Crippen LogP contribution in [0.5, 0.6) is 0 Å². The van der Waals surface area contributed by atoms with Gasteiger partial charge in [0.25, 0.3) is 10.0 Å². The first kappa shape index (κ1) is 21.1. The molecule has 1 aliphatic rings. The number of aliphatic hydroxyl groups is 1. The minimum Gasteiger partial charge on any atom is -0.372 e. The number of aliphatic hydroxyl groups excluding tert-OH is 1. The van der Waals surface area contributed by atoms with E-state index in [1.54, 1.807) is 24.3 Å². The largest absolute Gasteiger partial charge is 0.372 e. The van der Waals surface area contributed by atoms with Crippen molar-refractivity contribution in [2.45, 2.75) is 30.9 Å². The van der Waals surface area contributed by atoms with E-state index in [9.17, 15) is 13.5 Å². The van der Waals surface area contributed by atoms with Crippen LogP contribution in [0.15, 0.2) is 77.7 Å². The van der Waals surface area contributed by atoms with Crippen LogP contribution in [0, 0.1) is 12.8 Å². The van der Waals surface area contributed by atoms with Gasteiger partial charge in [0.1, 0.15) is 12.0 Å². The number of para-hydroxylation sites is 1. The molecule has 7 heteroatoms. The molecule has 0 saturated carbocycles. The van der Waals surface area contributed by atoms with Crippen molar-refractivity contribution >= 4 is 38.3 Å². The van der Waals surface area contributed by atoms with Crippen LogP contribution in [0.2, 0.25) is 5.02 Å². The maximum Gasteiger partial charge on any atom is 0.267 e. The van der Waals surface area contributed by atoms with Crippen molar-refractivity contribution in [3.63, 3.8) is 0 Å². The van der Waals surface area contributed by atoms with Crippen LogP contribution in [0.25, 0.3) is 10.9 Å². The maximum absolute atomic E-state index is 13.7. The summed E-state index contributed by atoms with van der Waals surface area (Å²) >= 11 is 6.11. The average molecular weight is 467 g/mol. The highest BCUT2D eigenvalue weighted by molar-refractivity contribution is 7.92. The zero-order valence-electron chi connectivity index (χ0n) is 17.7. The van der Waals surface area contributed by atoms with Crippen molar-refractivity contribution in [1.29, 1.82) is 0 Å². The molecule has 2 heterocycles. The molecule has 0 spiro atoms. The molecule has 0 fully saturated rings. The van der Waals surface area contributed by atoms with E-state index in [2.05, 4.69) is 4.98 Å². The van der Waals surface area contributed by atoms with Crippen molar-refractivity contribution in [3.8, 4) is 0 Å². The Morgan fingerprint density at radius 1 is 0.969 bits per heavy atom. The van der Waals surface area contributed by atoms with Crippen molar-refractivity contribution in [2.75, 3.05) is 4.31 Å². The van der Waals surface area contributed by atoms with Crippen LogP contribution in [0.1, 0.15) is 29.5 Å². The van der Waals surface area contributed by atoms with Gasteiger partial charge in [-0.15, -0.1) is 0 Å². The summed E-state index contributed by atoms with van der Waals surface area (Å²) in [6.45, 7) is 3.78. The van der Waals surface area contributed by atoms with Gasteiger partial charge in [-0.3, -0.25) is 0 Å². The van der Waals surface area contributed by atoms with Crippen molar-refractivity contribution in [2.24, 2.45) is 5.92 Å². The summed E-state index contributed by atoms with van der Waals surface area (Å²) in [6, 6.07) is 21.9. The molecule has 3 aromatic carbocycles. The van der Waals surface area contributed by atoms with Crippen LogP contribution in [-0.2, 0) is 10.0 Å². The number of anilines is 1. The zero-order valence-corrected chi connectivity index (χ0v) is 19.2. The standard InChI is InChI=1S/C25H23ClN2O3S/c1-15-7-13-19(14-8-15)32(30,31)28-24-23(20-5-3-4-6-21(20)27-24)22(16(2)25(28)29)17-9-11-18(26)12-10-17/h3-14,16,22,25,27,29H,1-2H3/t16-,22+,25-/m1/s1. The number of halogens is 1. The third-order valence-corrected chi connectivity index (χ3v) is 8.34. The van der Waals surface area contributed by atoms with Crippen LogP contribution in [0.3, 0.4) is 0 Å². The average Bonchev–Trinajstić information content (AvgIpc) is 3.14. The summed E-state index contributed by atoms with van der Waals surface area (Å²) < 4.78 is 28.6. The molecular formula is C25H23ClN2O3S. The molecule has 1 aromatic heterocycles. The van der Waals surface area contributed by atoms with Gasteiger partial charge in [0.2, 0.25) is 0 Å². The van der Waals surface area contributed by atoms with E-state index in [-0.39, 0.29) is 10.8 Å². The smallest absolute Gasteiger partial charge is 0.267 e. The molecule has 2 N–H and O–H groups in total. The summed E-state index contributed by atoms with van der Waals surface area (Å²) in [6.07, 6.45) is -1.25. The van der Waals surface area contributed by atoms with Gasteiger partial charge in [-0.25, -0.2) is 12.7 Å². The first-order valence-corrected chi connectivity index (χ1v) is 12.3. The topological polar surface area (TPSA) is 73.4 Å². The molecule has 5 rings (SSSR count). The number of aryl methyl sites for hydroxylation is 1. The highest BCUT2D eigenvalue weighted by atomic mass is 35.5.